The van der Waals surface area contributed by atoms with Gasteiger partial charge in [-0.25, -0.2) is 9.79 Å². The fourth-order valence-corrected chi connectivity index (χ4v) is 2.45. The molecule has 0 bridgehead atoms. The van der Waals surface area contributed by atoms with Crippen molar-refractivity contribution in [1.82, 2.24) is 0 Å². The smallest absolute Gasteiger partial charge is 0.363 e. The quantitative estimate of drug-likeness (QED) is 0.609. The number of hydrogen-bond acceptors (Lipinski definition) is 3. The molecule has 0 saturated carbocycles. The number of rotatable bonds is 2. The molecular formula is C17H12BrNO2. The lowest BCUT2D eigenvalue weighted by Gasteiger charge is -1.99. The number of carbonyl (C=O) groups is 1. The maximum Gasteiger partial charge on any atom is 0.363 e. The van der Waals surface area contributed by atoms with Gasteiger partial charge in [0.2, 0.25) is 5.90 Å². The van der Waals surface area contributed by atoms with Crippen LogP contribution in [0.4, 0.5) is 0 Å². The SMILES string of the molecule is Cc1ccccc1/C=C1\N=C(c2cccc(Br)c2)OC1=O. The van der Waals surface area contributed by atoms with Gasteiger partial charge in [0.15, 0.2) is 5.70 Å². The Hall–Kier alpha value is -2.20. The lowest BCUT2D eigenvalue weighted by molar-refractivity contribution is -0.129. The molecule has 0 unspecified atom stereocenters. The molecule has 0 amide bonds. The van der Waals surface area contributed by atoms with E-state index < -0.39 is 5.97 Å². The van der Waals surface area contributed by atoms with Gasteiger partial charge in [-0.05, 0) is 42.3 Å². The van der Waals surface area contributed by atoms with Gasteiger partial charge in [0.05, 0.1) is 0 Å². The van der Waals surface area contributed by atoms with Gasteiger partial charge < -0.3 is 4.74 Å². The number of aliphatic imine (C=N–C) groups is 1. The van der Waals surface area contributed by atoms with Crippen LogP contribution in [0.3, 0.4) is 0 Å². The molecule has 0 atom stereocenters. The summed E-state index contributed by atoms with van der Waals surface area (Å²) in [5.41, 5.74) is 3.14. The second-order valence-electron chi connectivity index (χ2n) is 4.70. The number of aryl methyl sites for hydroxylation is 1. The number of halogens is 1. The minimum atomic E-state index is -0.423. The van der Waals surface area contributed by atoms with Crippen LogP contribution < -0.4 is 0 Å². The van der Waals surface area contributed by atoms with Crippen LogP contribution in [0.2, 0.25) is 0 Å². The van der Waals surface area contributed by atoms with Crippen molar-refractivity contribution in [2.75, 3.05) is 0 Å². The van der Waals surface area contributed by atoms with E-state index in [0.29, 0.717) is 11.6 Å². The summed E-state index contributed by atoms with van der Waals surface area (Å²) in [6, 6.07) is 15.3. The summed E-state index contributed by atoms with van der Waals surface area (Å²) in [4.78, 5) is 16.2. The highest BCUT2D eigenvalue weighted by Crippen LogP contribution is 2.21. The number of hydrogen-bond donors (Lipinski definition) is 0. The molecule has 0 fully saturated rings. The second-order valence-corrected chi connectivity index (χ2v) is 5.62. The third-order valence-electron chi connectivity index (χ3n) is 3.17. The zero-order valence-corrected chi connectivity index (χ0v) is 12.9. The van der Waals surface area contributed by atoms with Crippen LogP contribution in [0.15, 0.2) is 63.7 Å². The van der Waals surface area contributed by atoms with E-state index in [1.807, 2.05) is 55.5 Å². The van der Waals surface area contributed by atoms with Crippen molar-refractivity contribution < 1.29 is 9.53 Å². The molecule has 0 radical (unpaired) electrons. The normalized spacial score (nSPS) is 16.0. The molecule has 0 spiro atoms. The Labute approximate surface area is 131 Å². The molecule has 1 heterocycles. The van der Waals surface area contributed by atoms with Crippen molar-refractivity contribution in [3.63, 3.8) is 0 Å². The molecule has 4 heteroatoms. The van der Waals surface area contributed by atoms with Crippen LogP contribution in [-0.4, -0.2) is 11.9 Å². The van der Waals surface area contributed by atoms with E-state index in [4.69, 9.17) is 4.74 Å². The lowest BCUT2D eigenvalue weighted by atomic mass is 10.1. The summed E-state index contributed by atoms with van der Waals surface area (Å²) >= 11 is 3.39. The number of benzene rings is 2. The predicted molar refractivity (Wildman–Crippen MR) is 85.9 cm³/mol. The Morgan fingerprint density at radius 2 is 1.95 bits per heavy atom. The van der Waals surface area contributed by atoms with Crippen molar-refractivity contribution in [3.05, 3.63) is 75.4 Å². The van der Waals surface area contributed by atoms with Crippen molar-refractivity contribution >= 4 is 33.9 Å². The molecule has 2 aromatic carbocycles. The molecular weight excluding hydrogens is 330 g/mol. The summed E-state index contributed by atoms with van der Waals surface area (Å²) in [7, 11) is 0. The fourth-order valence-electron chi connectivity index (χ4n) is 2.05. The first kappa shape index (κ1) is 13.8. The highest BCUT2D eigenvalue weighted by Gasteiger charge is 2.24. The highest BCUT2D eigenvalue weighted by molar-refractivity contribution is 9.10. The average molecular weight is 342 g/mol. The van der Waals surface area contributed by atoms with Gasteiger partial charge in [-0.15, -0.1) is 0 Å². The van der Waals surface area contributed by atoms with Crippen LogP contribution >= 0.6 is 15.9 Å². The van der Waals surface area contributed by atoms with Crippen LogP contribution in [-0.2, 0) is 9.53 Å². The number of cyclic esters (lactones) is 1. The largest absolute Gasteiger partial charge is 0.402 e. The van der Waals surface area contributed by atoms with Crippen molar-refractivity contribution in [2.24, 2.45) is 4.99 Å². The number of esters is 1. The summed E-state index contributed by atoms with van der Waals surface area (Å²) < 4.78 is 6.16. The van der Waals surface area contributed by atoms with Crippen molar-refractivity contribution in [3.8, 4) is 0 Å². The average Bonchev–Trinajstić information content (AvgIpc) is 2.83. The van der Waals surface area contributed by atoms with E-state index in [2.05, 4.69) is 20.9 Å². The van der Waals surface area contributed by atoms with Crippen LogP contribution in [0.25, 0.3) is 6.08 Å². The van der Waals surface area contributed by atoms with E-state index in [0.717, 1.165) is 21.2 Å². The zero-order valence-electron chi connectivity index (χ0n) is 11.3. The van der Waals surface area contributed by atoms with Gasteiger partial charge in [0.1, 0.15) is 0 Å². The summed E-state index contributed by atoms with van der Waals surface area (Å²) in [6.07, 6.45) is 1.75. The molecule has 0 aromatic heterocycles. The van der Waals surface area contributed by atoms with E-state index in [9.17, 15) is 4.79 Å². The van der Waals surface area contributed by atoms with E-state index in [1.54, 1.807) is 6.08 Å². The highest BCUT2D eigenvalue weighted by atomic mass is 79.9. The summed E-state index contributed by atoms with van der Waals surface area (Å²) in [5, 5.41) is 0. The Kier molecular flexibility index (Phi) is 3.71. The third-order valence-corrected chi connectivity index (χ3v) is 3.67. The topological polar surface area (TPSA) is 38.7 Å². The fraction of sp³-hybridized carbons (Fsp3) is 0.0588. The van der Waals surface area contributed by atoms with Gasteiger partial charge in [0.25, 0.3) is 0 Å². The molecule has 1 aliphatic heterocycles. The first-order valence-corrected chi connectivity index (χ1v) is 7.27. The Morgan fingerprint density at radius 3 is 2.71 bits per heavy atom. The second kappa shape index (κ2) is 5.66. The molecule has 2 aromatic rings. The van der Waals surface area contributed by atoms with Crippen LogP contribution in [0, 0.1) is 6.92 Å². The molecule has 0 saturated heterocycles. The molecule has 3 rings (SSSR count). The molecule has 3 nitrogen and oxygen atoms in total. The minimum absolute atomic E-state index is 0.319. The van der Waals surface area contributed by atoms with Crippen LogP contribution in [0.1, 0.15) is 16.7 Å². The Balaban J connectivity index is 1.98. The molecule has 0 N–H and O–H groups in total. The summed E-state index contributed by atoms with van der Waals surface area (Å²) in [6.45, 7) is 1.99. The zero-order chi connectivity index (χ0) is 14.8. The predicted octanol–water partition coefficient (Wildman–Crippen LogP) is 4.10. The van der Waals surface area contributed by atoms with Gasteiger partial charge in [-0.1, -0.05) is 46.3 Å². The van der Waals surface area contributed by atoms with Crippen molar-refractivity contribution in [1.29, 1.82) is 0 Å². The molecule has 0 aliphatic carbocycles. The Bertz CT molecular complexity index is 778. The van der Waals surface area contributed by atoms with Gasteiger partial charge >= 0.3 is 5.97 Å². The number of ether oxygens (including phenoxy) is 1. The number of nitrogens with zero attached hydrogens (tertiary/aromatic N) is 1. The van der Waals surface area contributed by atoms with E-state index in [1.165, 1.54) is 0 Å². The maximum atomic E-state index is 11.9. The first-order chi connectivity index (χ1) is 10.1. The van der Waals surface area contributed by atoms with Crippen molar-refractivity contribution in [2.45, 2.75) is 6.92 Å². The minimum Gasteiger partial charge on any atom is -0.402 e. The molecule has 21 heavy (non-hydrogen) atoms. The standard InChI is InChI=1S/C17H12BrNO2/c1-11-5-2-3-6-12(11)10-15-17(20)21-16(19-15)13-7-4-8-14(18)9-13/h2-10H,1H3/b15-10-. The monoisotopic (exact) mass is 341 g/mol. The van der Waals surface area contributed by atoms with Gasteiger partial charge in [0, 0.05) is 10.0 Å². The lowest BCUT2D eigenvalue weighted by Crippen LogP contribution is -2.05. The molecule has 1 aliphatic rings. The van der Waals surface area contributed by atoms with Gasteiger partial charge in [-0.2, -0.15) is 0 Å². The van der Waals surface area contributed by atoms with E-state index in [-0.39, 0.29) is 0 Å². The number of carbonyl (C=O) groups excluding carboxylic acids is 1. The first-order valence-electron chi connectivity index (χ1n) is 6.47. The molecule has 104 valence electrons. The van der Waals surface area contributed by atoms with E-state index >= 15 is 0 Å². The van der Waals surface area contributed by atoms with Gasteiger partial charge in [-0.3, -0.25) is 0 Å². The summed E-state index contributed by atoms with van der Waals surface area (Å²) in [5.74, 6) is -0.0886. The maximum absolute atomic E-state index is 11.9. The third kappa shape index (κ3) is 2.95. The van der Waals surface area contributed by atoms with Crippen LogP contribution in [0.5, 0.6) is 0 Å². The Morgan fingerprint density at radius 1 is 1.14 bits per heavy atom.